The standard InChI is InChI=1S/C10H10ClNO2/c1-12-10(7-4-5-13-6-7)8-2-3-9(11)14-8/h2-6,10,12H,1H3. The van der Waals surface area contributed by atoms with Crippen LogP contribution >= 0.6 is 11.6 Å². The highest BCUT2D eigenvalue weighted by atomic mass is 35.5. The van der Waals surface area contributed by atoms with Gasteiger partial charge >= 0.3 is 0 Å². The highest BCUT2D eigenvalue weighted by Gasteiger charge is 2.16. The second-order valence-electron chi connectivity index (χ2n) is 2.92. The molecule has 1 atom stereocenters. The predicted octanol–water partition coefficient (Wildman–Crippen LogP) is 2.83. The minimum atomic E-state index is -0.0127. The predicted molar refractivity (Wildman–Crippen MR) is 53.3 cm³/mol. The van der Waals surface area contributed by atoms with Gasteiger partial charge in [-0.2, -0.15) is 0 Å². The topological polar surface area (TPSA) is 38.3 Å². The zero-order valence-electron chi connectivity index (χ0n) is 7.66. The number of nitrogens with one attached hydrogen (secondary N) is 1. The Hall–Kier alpha value is -1.19. The van der Waals surface area contributed by atoms with E-state index in [0.717, 1.165) is 11.3 Å². The molecule has 2 rings (SSSR count). The third kappa shape index (κ3) is 1.69. The van der Waals surface area contributed by atoms with Crippen molar-refractivity contribution >= 4 is 11.6 Å². The Bertz CT molecular complexity index is 394. The summed E-state index contributed by atoms with van der Waals surface area (Å²) in [5, 5.41) is 3.51. The van der Waals surface area contributed by atoms with Crippen LogP contribution in [-0.4, -0.2) is 7.05 Å². The number of halogens is 1. The van der Waals surface area contributed by atoms with Crippen LogP contribution in [0.1, 0.15) is 17.4 Å². The molecule has 0 amide bonds. The first-order valence-electron chi connectivity index (χ1n) is 4.26. The summed E-state index contributed by atoms with van der Waals surface area (Å²) >= 11 is 5.70. The largest absolute Gasteiger partial charge is 0.472 e. The third-order valence-electron chi connectivity index (χ3n) is 2.04. The van der Waals surface area contributed by atoms with Gasteiger partial charge < -0.3 is 14.2 Å². The van der Waals surface area contributed by atoms with Crippen molar-refractivity contribution in [2.24, 2.45) is 0 Å². The van der Waals surface area contributed by atoms with Crippen molar-refractivity contribution in [2.45, 2.75) is 6.04 Å². The summed E-state index contributed by atoms with van der Waals surface area (Å²) in [4.78, 5) is 0. The first-order chi connectivity index (χ1) is 6.81. The van der Waals surface area contributed by atoms with Crippen molar-refractivity contribution in [3.8, 4) is 0 Å². The van der Waals surface area contributed by atoms with Crippen LogP contribution in [0.2, 0.25) is 5.22 Å². The molecule has 3 nitrogen and oxygen atoms in total. The number of rotatable bonds is 3. The molecule has 0 aliphatic rings. The molecule has 4 heteroatoms. The van der Waals surface area contributed by atoms with Gasteiger partial charge in [-0.15, -0.1) is 0 Å². The summed E-state index contributed by atoms with van der Waals surface area (Å²) in [6.07, 6.45) is 3.31. The minimum absolute atomic E-state index is 0.0127. The van der Waals surface area contributed by atoms with Crippen LogP contribution < -0.4 is 5.32 Å². The molecule has 0 saturated carbocycles. The monoisotopic (exact) mass is 211 g/mol. The van der Waals surface area contributed by atoms with Crippen molar-refractivity contribution in [2.75, 3.05) is 7.05 Å². The molecular weight excluding hydrogens is 202 g/mol. The molecule has 0 spiro atoms. The van der Waals surface area contributed by atoms with Gasteiger partial charge in [0.05, 0.1) is 18.6 Å². The molecule has 2 aromatic heterocycles. The lowest BCUT2D eigenvalue weighted by molar-refractivity contribution is 0.461. The van der Waals surface area contributed by atoms with E-state index in [-0.39, 0.29) is 6.04 Å². The Labute approximate surface area is 86.7 Å². The summed E-state index contributed by atoms with van der Waals surface area (Å²) in [6, 6.07) is 5.44. The lowest BCUT2D eigenvalue weighted by Gasteiger charge is -2.10. The molecule has 0 aliphatic heterocycles. The summed E-state index contributed by atoms with van der Waals surface area (Å²) in [7, 11) is 1.86. The molecule has 2 heterocycles. The summed E-state index contributed by atoms with van der Waals surface area (Å²) in [6.45, 7) is 0. The van der Waals surface area contributed by atoms with Gasteiger partial charge in [-0.3, -0.25) is 0 Å². The fourth-order valence-corrected chi connectivity index (χ4v) is 1.55. The molecular formula is C10H10ClNO2. The Morgan fingerprint density at radius 1 is 1.36 bits per heavy atom. The van der Waals surface area contributed by atoms with Crippen molar-refractivity contribution in [3.05, 3.63) is 47.3 Å². The number of hydrogen-bond acceptors (Lipinski definition) is 3. The van der Waals surface area contributed by atoms with Crippen LogP contribution in [0.3, 0.4) is 0 Å². The van der Waals surface area contributed by atoms with Gasteiger partial charge in [-0.25, -0.2) is 0 Å². The lowest BCUT2D eigenvalue weighted by Crippen LogP contribution is -2.16. The van der Waals surface area contributed by atoms with Crippen LogP contribution in [0.4, 0.5) is 0 Å². The average Bonchev–Trinajstić information content (AvgIpc) is 2.79. The maximum Gasteiger partial charge on any atom is 0.193 e. The maximum atomic E-state index is 5.70. The zero-order chi connectivity index (χ0) is 9.97. The van der Waals surface area contributed by atoms with Crippen molar-refractivity contribution in [1.82, 2.24) is 5.32 Å². The Balaban J connectivity index is 2.31. The normalized spacial score (nSPS) is 13.0. The van der Waals surface area contributed by atoms with Gasteiger partial charge in [0.25, 0.3) is 0 Å². The van der Waals surface area contributed by atoms with E-state index >= 15 is 0 Å². The van der Waals surface area contributed by atoms with Crippen molar-refractivity contribution < 1.29 is 8.83 Å². The van der Waals surface area contributed by atoms with Gasteiger partial charge in [0, 0.05) is 5.56 Å². The minimum Gasteiger partial charge on any atom is -0.472 e. The van der Waals surface area contributed by atoms with E-state index in [1.807, 2.05) is 19.2 Å². The molecule has 0 saturated heterocycles. The summed E-state index contributed by atoms with van der Waals surface area (Å²) in [5.74, 6) is 0.777. The van der Waals surface area contributed by atoms with Gasteiger partial charge in [0.2, 0.25) is 0 Å². The SMILES string of the molecule is CNC(c1ccoc1)c1ccc(Cl)o1. The first kappa shape index (κ1) is 9.37. The molecule has 2 aromatic rings. The highest BCUT2D eigenvalue weighted by Crippen LogP contribution is 2.25. The molecule has 0 aromatic carbocycles. The Morgan fingerprint density at radius 3 is 2.71 bits per heavy atom. The number of furan rings is 2. The van der Waals surface area contributed by atoms with E-state index < -0.39 is 0 Å². The van der Waals surface area contributed by atoms with Gasteiger partial charge in [-0.1, -0.05) is 0 Å². The van der Waals surface area contributed by atoms with Crippen LogP contribution in [0, 0.1) is 0 Å². The van der Waals surface area contributed by atoms with Crippen molar-refractivity contribution in [3.63, 3.8) is 0 Å². The average molecular weight is 212 g/mol. The molecule has 0 radical (unpaired) electrons. The van der Waals surface area contributed by atoms with E-state index in [1.54, 1.807) is 18.6 Å². The quantitative estimate of drug-likeness (QED) is 0.849. The third-order valence-corrected chi connectivity index (χ3v) is 2.25. The molecule has 74 valence electrons. The second-order valence-corrected chi connectivity index (χ2v) is 3.29. The fourth-order valence-electron chi connectivity index (χ4n) is 1.40. The summed E-state index contributed by atoms with van der Waals surface area (Å²) in [5.41, 5.74) is 1.01. The van der Waals surface area contributed by atoms with Crippen LogP contribution in [0.5, 0.6) is 0 Å². The summed E-state index contributed by atoms with van der Waals surface area (Å²) < 4.78 is 10.3. The van der Waals surface area contributed by atoms with E-state index in [0.29, 0.717) is 5.22 Å². The molecule has 0 aliphatic carbocycles. The van der Waals surface area contributed by atoms with E-state index in [2.05, 4.69) is 5.32 Å². The van der Waals surface area contributed by atoms with E-state index in [9.17, 15) is 0 Å². The first-order valence-corrected chi connectivity index (χ1v) is 4.63. The van der Waals surface area contributed by atoms with Gasteiger partial charge in [0.1, 0.15) is 5.76 Å². The molecule has 1 N–H and O–H groups in total. The molecule has 0 fully saturated rings. The zero-order valence-corrected chi connectivity index (χ0v) is 8.41. The second kappa shape index (κ2) is 3.90. The lowest BCUT2D eigenvalue weighted by atomic mass is 10.1. The molecule has 0 bridgehead atoms. The van der Waals surface area contributed by atoms with Crippen molar-refractivity contribution in [1.29, 1.82) is 0 Å². The molecule has 14 heavy (non-hydrogen) atoms. The maximum absolute atomic E-state index is 5.70. The molecule has 1 unspecified atom stereocenters. The Kier molecular flexibility index (Phi) is 2.61. The van der Waals surface area contributed by atoms with Crippen LogP contribution in [-0.2, 0) is 0 Å². The fraction of sp³-hybridized carbons (Fsp3) is 0.200. The Morgan fingerprint density at radius 2 is 2.21 bits per heavy atom. The highest BCUT2D eigenvalue weighted by molar-refractivity contribution is 6.28. The van der Waals surface area contributed by atoms with Gasteiger partial charge in [0.15, 0.2) is 5.22 Å². The van der Waals surface area contributed by atoms with E-state index in [4.69, 9.17) is 20.4 Å². The van der Waals surface area contributed by atoms with E-state index in [1.165, 1.54) is 0 Å². The van der Waals surface area contributed by atoms with Gasteiger partial charge in [-0.05, 0) is 36.8 Å². The number of hydrogen-bond donors (Lipinski definition) is 1. The van der Waals surface area contributed by atoms with Crippen LogP contribution in [0.15, 0.2) is 39.6 Å². The van der Waals surface area contributed by atoms with Crippen LogP contribution in [0.25, 0.3) is 0 Å². The smallest absolute Gasteiger partial charge is 0.193 e.